The van der Waals surface area contributed by atoms with Crippen LogP contribution in [-0.4, -0.2) is 20.9 Å². The summed E-state index contributed by atoms with van der Waals surface area (Å²) in [6, 6.07) is 7.85. The van der Waals surface area contributed by atoms with Crippen LogP contribution in [0.2, 0.25) is 0 Å². The minimum atomic E-state index is -0.137. The molecule has 27 heavy (non-hydrogen) atoms. The molecule has 4 aromatic rings. The van der Waals surface area contributed by atoms with Crippen LogP contribution in [0.3, 0.4) is 0 Å². The third-order valence-corrected chi connectivity index (χ3v) is 5.50. The molecule has 0 saturated heterocycles. The summed E-state index contributed by atoms with van der Waals surface area (Å²) >= 11 is 2.92. The van der Waals surface area contributed by atoms with E-state index in [-0.39, 0.29) is 5.91 Å². The minimum absolute atomic E-state index is 0.137. The molecule has 0 saturated carbocycles. The molecule has 1 amide bonds. The first-order valence-electron chi connectivity index (χ1n) is 8.05. The SMILES string of the molecule is CC(=O)Nc1nc(C)c(-c2csc(Nc3cccc(-c4cnco4)c3)n2)s1. The summed E-state index contributed by atoms with van der Waals surface area (Å²) in [6.07, 6.45) is 3.09. The summed E-state index contributed by atoms with van der Waals surface area (Å²) in [4.78, 5) is 25.1. The largest absolute Gasteiger partial charge is 0.444 e. The van der Waals surface area contributed by atoms with Crippen LogP contribution in [0.15, 0.2) is 46.7 Å². The fraction of sp³-hybridized carbons (Fsp3) is 0.111. The molecule has 0 aliphatic heterocycles. The lowest BCUT2D eigenvalue weighted by atomic mass is 10.1. The average Bonchev–Trinajstić information content (AvgIpc) is 3.36. The quantitative estimate of drug-likeness (QED) is 0.496. The van der Waals surface area contributed by atoms with Gasteiger partial charge in [-0.2, -0.15) is 0 Å². The number of hydrogen-bond acceptors (Lipinski definition) is 8. The molecule has 3 heterocycles. The van der Waals surface area contributed by atoms with Crippen molar-refractivity contribution in [3.63, 3.8) is 0 Å². The van der Waals surface area contributed by atoms with E-state index in [1.807, 2.05) is 36.6 Å². The Bertz CT molecular complexity index is 1090. The van der Waals surface area contributed by atoms with Crippen molar-refractivity contribution in [2.24, 2.45) is 0 Å². The number of oxazole rings is 1. The highest BCUT2D eigenvalue weighted by Gasteiger charge is 2.14. The van der Waals surface area contributed by atoms with E-state index in [0.29, 0.717) is 10.9 Å². The molecule has 2 N–H and O–H groups in total. The molecule has 0 radical (unpaired) electrons. The average molecular weight is 397 g/mol. The van der Waals surface area contributed by atoms with Crippen molar-refractivity contribution in [3.05, 3.63) is 47.9 Å². The Kier molecular flexibility index (Phi) is 4.69. The van der Waals surface area contributed by atoms with Crippen molar-refractivity contribution in [1.29, 1.82) is 0 Å². The van der Waals surface area contributed by atoms with Crippen LogP contribution >= 0.6 is 22.7 Å². The van der Waals surface area contributed by atoms with Crippen LogP contribution in [0.1, 0.15) is 12.6 Å². The summed E-state index contributed by atoms with van der Waals surface area (Å²) in [5, 5.41) is 9.36. The van der Waals surface area contributed by atoms with E-state index >= 15 is 0 Å². The van der Waals surface area contributed by atoms with Gasteiger partial charge in [-0.15, -0.1) is 11.3 Å². The number of amides is 1. The number of anilines is 3. The summed E-state index contributed by atoms with van der Waals surface area (Å²) in [5.41, 5.74) is 3.52. The van der Waals surface area contributed by atoms with E-state index in [0.717, 1.165) is 32.6 Å². The fourth-order valence-corrected chi connectivity index (χ4v) is 4.28. The van der Waals surface area contributed by atoms with Crippen LogP contribution in [0, 0.1) is 6.92 Å². The lowest BCUT2D eigenvalue weighted by Crippen LogP contribution is -2.04. The molecule has 1 aromatic carbocycles. The molecule has 0 atom stereocenters. The number of hydrogen-bond donors (Lipinski definition) is 2. The zero-order chi connectivity index (χ0) is 18.8. The predicted molar refractivity (Wildman–Crippen MR) is 107 cm³/mol. The maximum atomic E-state index is 11.2. The number of aryl methyl sites for hydroxylation is 1. The van der Waals surface area contributed by atoms with Gasteiger partial charge in [-0.1, -0.05) is 23.5 Å². The van der Waals surface area contributed by atoms with E-state index in [4.69, 9.17) is 4.42 Å². The maximum Gasteiger partial charge on any atom is 0.223 e. The molecule has 0 bridgehead atoms. The topological polar surface area (TPSA) is 92.9 Å². The molecule has 0 fully saturated rings. The zero-order valence-electron chi connectivity index (χ0n) is 14.5. The Hall–Kier alpha value is -3.04. The predicted octanol–water partition coefficient (Wildman–Crippen LogP) is 4.93. The Balaban J connectivity index is 1.55. The maximum absolute atomic E-state index is 11.2. The Morgan fingerprint density at radius 1 is 1.22 bits per heavy atom. The van der Waals surface area contributed by atoms with Crippen LogP contribution in [0.25, 0.3) is 21.9 Å². The summed E-state index contributed by atoms with van der Waals surface area (Å²) < 4.78 is 5.34. The van der Waals surface area contributed by atoms with Gasteiger partial charge in [-0.25, -0.2) is 15.0 Å². The second kappa shape index (κ2) is 7.29. The molecular formula is C18H15N5O2S2. The number of rotatable bonds is 5. The van der Waals surface area contributed by atoms with Gasteiger partial charge in [-0.3, -0.25) is 4.79 Å². The molecule has 0 unspecified atom stereocenters. The lowest BCUT2D eigenvalue weighted by Gasteiger charge is -2.04. The second-order valence-electron chi connectivity index (χ2n) is 5.72. The van der Waals surface area contributed by atoms with Gasteiger partial charge in [0, 0.05) is 23.6 Å². The number of thiazole rings is 2. The van der Waals surface area contributed by atoms with Gasteiger partial charge in [0.25, 0.3) is 0 Å². The highest BCUT2D eigenvalue weighted by Crippen LogP contribution is 2.35. The number of nitrogens with zero attached hydrogens (tertiary/aromatic N) is 3. The first kappa shape index (κ1) is 17.4. The minimum Gasteiger partial charge on any atom is -0.444 e. The van der Waals surface area contributed by atoms with Crippen molar-refractivity contribution in [3.8, 4) is 21.9 Å². The number of carbonyl (C=O) groups excluding carboxylic acids is 1. The van der Waals surface area contributed by atoms with Crippen LogP contribution in [0.4, 0.5) is 16.0 Å². The molecule has 7 nitrogen and oxygen atoms in total. The van der Waals surface area contributed by atoms with Crippen LogP contribution in [0.5, 0.6) is 0 Å². The van der Waals surface area contributed by atoms with Gasteiger partial charge in [0.1, 0.15) is 0 Å². The third kappa shape index (κ3) is 3.88. The third-order valence-electron chi connectivity index (χ3n) is 3.65. The molecule has 0 spiro atoms. The van der Waals surface area contributed by atoms with Gasteiger partial charge in [0.2, 0.25) is 5.91 Å². The van der Waals surface area contributed by atoms with Gasteiger partial charge in [0.15, 0.2) is 22.4 Å². The van der Waals surface area contributed by atoms with Gasteiger partial charge in [0.05, 0.1) is 22.5 Å². The Labute approximate surface area is 163 Å². The highest BCUT2D eigenvalue weighted by molar-refractivity contribution is 7.20. The number of nitrogens with one attached hydrogen (secondary N) is 2. The van der Waals surface area contributed by atoms with Crippen LogP contribution in [-0.2, 0) is 4.79 Å². The fourth-order valence-electron chi connectivity index (χ4n) is 2.51. The molecule has 3 aromatic heterocycles. The van der Waals surface area contributed by atoms with E-state index in [2.05, 4.69) is 25.6 Å². The number of benzene rings is 1. The van der Waals surface area contributed by atoms with E-state index in [1.54, 1.807) is 6.20 Å². The van der Waals surface area contributed by atoms with E-state index < -0.39 is 0 Å². The molecule has 136 valence electrons. The normalized spacial score (nSPS) is 10.7. The Morgan fingerprint density at radius 3 is 2.89 bits per heavy atom. The molecular weight excluding hydrogens is 382 g/mol. The monoisotopic (exact) mass is 397 g/mol. The first-order chi connectivity index (χ1) is 13.1. The van der Waals surface area contributed by atoms with E-state index in [9.17, 15) is 4.79 Å². The summed E-state index contributed by atoms with van der Waals surface area (Å²) in [6.45, 7) is 3.37. The summed E-state index contributed by atoms with van der Waals surface area (Å²) in [5.74, 6) is 0.576. The van der Waals surface area contributed by atoms with Crippen molar-refractivity contribution in [2.45, 2.75) is 13.8 Å². The van der Waals surface area contributed by atoms with Gasteiger partial charge < -0.3 is 15.1 Å². The highest BCUT2D eigenvalue weighted by atomic mass is 32.1. The van der Waals surface area contributed by atoms with Crippen molar-refractivity contribution < 1.29 is 9.21 Å². The summed E-state index contributed by atoms with van der Waals surface area (Å²) in [7, 11) is 0. The smallest absolute Gasteiger partial charge is 0.223 e. The van der Waals surface area contributed by atoms with Crippen LogP contribution < -0.4 is 10.6 Å². The molecule has 4 rings (SSSR count). The van der Waals surface area contributed by atoms with Crippen molar-refractivity contribution >= 4 is 44.5 Å². The zero-order valence-corrected chi connectivity index (χ0v) is 16.1. The number of carbonyl (C=O) groups is 1. The first-order valence-corrected chi connectivity index (χ1v) is 9.75. The Morgan fingerprint density at radius 2 is 2.11 bits per heavy atom. The van der Waals surface area contributed by atoms with E-state index in [1.165, 1.54) is 36.0 Å². The lowest BCUT2D eigenvalue weighted by molar-refractivity contribution is -0.114. The molecule has 9 heteroatoms. The number of aromatic nitrogens is 3. The van der Waals surface area contributed by atoms with Gasteiger partial charge in [-0.05, 0) is 19.1 Å². The second-order valence-corrected chi connectivity index (χ2v) is 7.58. The molecule has 0 aliphatic rings. The standard InChI is InChI=1S/C18H15N5O2S2/c1-10-16(27-18(20-10)21-11(2)24)14-8-26-17(23-14)22-13-5-3-4-12(6-13)15-7-19-9-25-15/h3-9H,1-2H3,(H,22,23)(H,20,21,24). The van der Waals surface area contributed by atoms with Gasteiger partial charge >= 0.3 is 0 Å². The molecule has 0 aliphatic carbocycles. The van der Waals surface area contributed by atoms with Crippen molar-refractivity contribution in [1.82, 2.24) is 15.0 Å². The van der Waals surface area contributed by atoms with Crippen molar-refractivity contribution in [2.75, 3.05) is 10.6 Å².